The topological polar surface area (TPSA) is 147 Å². The third kappa shape index (κ3) is 11.5. The number of aromatic nitrogens is 2. The highest BCUT2D eigenvalue weighted by molar-refractivity contribution is 8.76. The van der Waals surface area contributed by atoms with Crippen molar-refractivity contribution in [3.05, 3.63) is 59.9 Å². The number of hydrogen-bond donors (Lipinski definition) is 4. The van der Waals surface area contributed by atoms with Crippen molar-refractivity contribution in [2.24, 2.45) is 18.5 Å². The van der Waals surface area contributed by atoms with Crippen molar-refractivity contribution in [2.45, 2.75) is 18.7 Å². The number of hydrogen-bond acceptors (Lipinski definition) is 10. The van der Waals surface area contributed by atoms with Crippen LogP contribution in [-0.4, -0.2) is 77.6 Å². The molecule has 1 amide bonds. The summed E-state index contributed by atoms with van der Waals surface area (Å²) >= 11 is 0. The Morgan fingerprint density at radius 1 is 1.07 bits per heavy atom. The second-order valence-electron chi connectivity index (χ2n) is 9.26. The number of nitrogens with two attached hydrogens (primary N) is 2. The molecule has 3 rings (SSSR count). The molecule has 43 heavy (non-hydrogen) atoms. The van der Waals surface area contributed by atoms with Gasteiger partial charge < -0.3 is 40.7 Å². The maximum atomic E-state index is 12.9. The minimum Gasteiger partial charge on any atom is -0.493 e. The first-order chi connectivity index (χ1) is 20.6. The van der Waals surface area contributed by atoms with Crippen LogP contribution in [-0.2, 0) is 13.2 Å². The number of alkyl halides is 3. The molecule has 6 N–H and O–H groups in total. The number of primary amides is 1. The van der Waals surface area contributed by atoms with Crippen LogP contribution < -0.4 is 31.0 Å². The van der Waals surface area contributed by atoms with E-state index in [4.69, 9.17) is 25.7 Å². The summed E-state index contributed by atoms with van der Waals surface area (Å²) in [7, 11) is 4.94. The maximum Gasteiger partial charge on any atom is 0.434 e. The number of amides is 1. The quantitative estimate of drug-likeness (QED) is 0.113. The lowest BCUT2D eigenvalue weighted by Crippen LogP contribution is -2.33. The third-order valence-corrected chi connectivity index (χ3v) is 8.30. The van der Waals surface area contributed by atoms with E-state index in [0.29, 0.717) is 42.5 Å². The number of nitrogens with zero attached hydrogens (tertiary/aromatic N) is 2. The first kappa shape index (κ1) is 34.4. The van der Waals surface area contributed by atoms with Crippen LogP contribution in [0, 0.1) is 0 Å². The van der Waals surface area contributed by atoms with E-state index in [9.17, 15) is 23.1 Å². The standard InChI is InChI=1S/C28H36F3N5O5S2/c1-36-17-25(28(29,30)31)35-27(36)19-3-5-21(6-4-19)41-18-20(37)16-34-10-12-39-22-7-8-24(23(15-22)26(33)38)40-11-2-13-42-43-14-9-32/h3-8,15,17,20,34,37H,2,9-14,16,18,32H2,1H3,(H2,33,38)/t20-/m0/s1. The minimum absolute atomic E-state index is 0.00247. The van der Waals surface area contributed by atoms with Gasteiger partial charge in [-0.15, -0.1) is 0 Å². The summed E-state index contributed by atoms with van der Waals surface area (Å²) in [5.41, 5.74) is 10.8. The summed E-state index contributed by atoms with van der Waals surface area (Å²) in [5.74, 6) is 2.69. The fourth-order valence-corrected chi connectivity index (χ4v) is 5.63. The predicted molar refractivity (Wildman–Crippen MR) is 163 cm³/mol. The lowest BCUT2D eigenvalue weighted by molar-refractivity contribution is -0.140. The van der Waals surface area contributed by atoms with Gasteiger partial charge in [0.05, 0.1) is 12.2 Å². The summed E-state index contributed by atoms with van der Waals surface area (Å²) in [5, 5.41) is 13.3. The van der Waals surface area contributed by atoms with Gasteiger partial charge in [0, 0.05) is 49.9 Å². The fourth-order valence-electron chi connectivity index (χ4n) is 3.72. The zero-order valence-electron chi connectivity index (χ0n) is 23.6. The van der Waals surface area contributed by atoms with Gasteiger partial charge in [0.1, 0.15) is 42.4 Å². The van der Waals surface area contributed by atoms with E-state index >= 15 is 0 Å². The van der Waals surface area contributed by atoms with E-state index < -0.39 is 23.9 Å². The molecule has 0 spiro atoms. The number of carbonyl (C=O) groups excluding carboxylic acids is 1. The summed E-state index contributed by atoms with van der Waals surface area (Å²) in [6.45, 7) is 2.02. The summed E-state index contributed by atoms with van der Waals surface area (Å²) in [6, 6.07) is 11.3. The van der Waals surface area contributed by atoms with Crippen LogP contribution in [0.25, 0.3) is 11.4 Å². The smallest absolute Gasteiger partial charge is 0.434 e. The largest absolute Gasteiger partial charge is 0.493 e. The van der Waals surface area contributed by atoms with Crippen LogP contribution in [0.3, 0.4) is 0 Å². The Hall–Kier alpha value is -3.11. The molecule has 0 aliphatic carbocycles. The number of halogens is 3. The van der Waals surface area contributed by atoms with Crippen LogP contribution in [0.4, 0.5) is 13.2 Å². The van der Waals surface area contributed by atoms with Crippen molar-refractivity contribution in [3.63, 3.8) is 0 Å². The first-order valence-electron chi connectivity index (χ1n) is 13.4. The van der Waals surface area contributed by atoms with Crippen LogP contribution in [0.15, 0.2) is 48.7 Å². The zero-order valence-corrected chi connectivity index (χ0v) is 25.3. The van der Waals surface area contributed by atoms with E-state index in [1.807, 2.05) is 0 Å². The van der Waals surface area contributed by atoms with Crippen molar-refractivity contribution in [1.82, 2.24) is 14.9 Å². The average molecular weight is 644 g/mol. The Kier molecular flexibility index (Phi) is 13.8. The van der Waals surface area contributed by atoms with Gasteiger partial charge in [-0.25, -0.2) is 4.98 Å². The third-order valence-electron chi connectivity index (χ3n) is 5.78. The molecule has 10 nitrogen and oxygen atoms in total. The van der Waals surface area contributed by atoms with Gasteiger partial charge in [0.15, 0.2) is 5.69 Å². The Morgan fingerprint density at radius 3 is 2.47 bits per heavy atom. The highest BCUT2D eigenvalue weighted by atomic mass is 33.1. The number of aliphatic hydroxyl groups is 1. The highest BCUT2D eigenvalue weighted by Gasteiger charge is 2.34. The maximum absolute atomic E-state index is 12.9. The van der Waals surface area contributed by atoms with E-state index in [-0.39, 0.29) is 31.1 Å². The Balaban J connectivity index is 1.35. The van der Waals surface area contributed by atoms with Crippen LogP contribution in [0.2, 0.25) is 0 Å². The lowest BCUT2D eigenvalue weighted by Gasteiger charge is -2.14. The van der Waals surface area contributed by atoms with Gasteiger partial charge in [-0.3, -0.25) is 4.79 Å². The Morgan fingerprint density at radius 2 is 1.79 bits per heavy atom. The molecule has 236 valence electrons. The Labute approximate surface area is 256 Å². The SMILES string of the molecule is Cn1cc(C(F)(F)F)nc1-c1ccc(OC[C@@H](O)CNCCOc2ccc(OCCCSSCCN)c(C(N)=O)c2)cc1. The lowest BCUT2D eigenvalue weighted by atomic mass is 10.2. The van der Waals surface area contributed by atoms with Gasteiger partial charge in [-0.1, -0.05) is 21.6 Å². The van der Waals surface area contributed by atoms with Crippen LogP contribution in [0.5, 0.6) is 17.2 Å². The molecule has 1 heterocycles. The zero-order chi connectivity index (χ0) is 31.2. The van der Waals surface area contributed by atoms with Gasteiger partial charge in [-0.05, 0) is 48.9 Å². The molecule has 1 atom stereocenters. The number of aryl methyl sites for hydroxylation is 1. The van der Waals surface area contributed by atoms with E-state index in [1.165, 1.54) is 11.6 Å². The molecule has 0 fully saturated rings. The molecule has 0 saturated heterocycles. The molecule has 0 saturated carbocycles. The molecule has 3 aromatic rings. The van der Waals surface area contributed by atoms with Gasteiger partial charge in [0.25, 0.3) is 5.91 Å². The number of carbonyl (C=O) groups is 1. The number of aliphatic hydroxyl groups excluding tert-OH is 1. The van der Waals surface area contributed by atoms with Crippen molar-refractivity contribution in [1.29, 1.82) is 0 Å². The molecule has 0 unspecified atom stereocenters. The number of rotatable bonds is 19. The fraction of sp³-hybridized carbons (Fsp3) is 0.429. The van der Waals surface area contributed by atoms with Crippen molar-refractivity contribution in [3.8, 4) is 28.6 Å². The molecule has 1 aromatic heterocycles. The Bertz CT molecular complexity index is 1290. The normalized spacial score (nSPS) is 12.2. The monoisotopic (exact) mass is 643 g/mol. The van der Waals surface area contributed by atoms with E-state index in [2.05, 4.69) is 10.3 Å². The van der Waals surface area contributed by atoms with E-state index in [0.717, 1.165) is 24.1 Å². The second-order valence-corrected chi connectivity index (χ2v) is 12.0. The van der Waals surface area contributed by atoms with Crippen molar-refractivity contribution < 1.29 is 37.3 Å². The minimum atomic E-state index is -4.52. The first-order valence-corrected chi connectivity index (χ1v) is 15.9. The van der Waals surface area contributed by atoms with Crippen molar-refractivity contribution >= 4 is 27.5 Å². The van der Waals surface area contributed by atoms with Gasteiger partial charge in [-0.2, -0.15) is 13.2 Å². The summed E-state index contributed by atoms with van der Waals surface area (Å²) in [6.07, 6.45) is -3.59. The van der Waals surface area contributed by atoms with Gasteiger partial charge >= 0.3 is 6.18 Å². The van der Waals surface area contributed by atoms with Crippen molar-refractivity contribution in [2.75, 3.05) is 51.0 Å². The van der Waals surface area contributed by atoms with E-state index in [1.54, 1.807) is 64.1 Å². The molecule has 0 aliphatic heterocycles. The van der Waals surface area contributed by atoms with Gasteiger partial charge in [0.2, 0.25) is 0 Å². The molecule has 15 heteroatoms. The summed E-state index contributed by atoms with van der Waals surface area (Å²) in [4.78, 5) is 15.6. The number of nitrogens with one attached hydrogen (secondary N) is 1. The van der Waals surface area contributed by atoms with Crippen LogP contribution in [0.1, 0.15) is 22.5 Å². The van der Waals surface area contributed by atoms with Crippen LogP contribution >= 0.6 is 21.6 Å². The number of imidazole rings is 1. The summed E-state index contributed by atoms with van der Waals surface area (Å²) < 4.78 is 57.1. The second kappa shape index (κ2) is 17.3. The molecule has 0 bridgehead atoms. The number of ether oxygens (including phenoxy) is 3. The molecular weight excluding hydrogens is 607 g/mol. The average Bonchev–Trinajstić information content (AvgIpc) is 3.38. The highest BCUT2D eigenvalue weighted by Crippen LogP contribution is 2.31. The molecule has 2 aromatic carbocycles. The molecule has 0 radical (unpaired) electrons. The predicted octanol–water partition coefficient (Wildman–Crippen LogP) is 3.72. The number of benzene rings is 2. The molecular formula is C28H36F3N5O5S2. The molecule has 0 aliphatic rings.